The molecule has 0 bridgehead atoms. The van der Waals surface area contributed by atoms with E-state index in [0.717, 1.165) is 18.3 Å². The fourth-order valence-corrected chi connectivity index (χ4v) is 1.33. The van der Waals surface area contributed by atoms with Crippen LogP contribution in [0.5, 0.6) is 0 Å². The SMILES string of the molecule is CC(F)(F)c1cnc(CN)s1. The highest BCUT2D eigenvalue weighted by Gasteiger charge is 2.26. The van der Waals surface area contributed by atoms with Crippen LogP contribution in [0.1, 0.15) is 16.8 Å². The second-order valence-corrected chi connectivity index (χ2v) is 3.33. The molecule has 1 aromatic rings. The van der Waals surface area contributed by atoms with Gasteiger partial charge in [-0.05, 0) is 0 Å². The van der Waals surface area contributed by atoms with Crippen molar-refractivity contribution >= 4 is 11.3 Å². The molecule has 11 heavy (non-hydrogen) atoms. The van der Waals surface area contributed by atoms with Gasteiger partial charge in [-0.3, -0.25) is 0 Å². The number of rotatable bonds is 2. The zero-order chi connectivity index (χ0) is 8.48. The number of nitrogens with zero attached hydrogens (tertiary/aromatic N) is 1. The Morgan fingerprint density at radius 3 is 2.64 bits per heavy atom. The van der Waals surface area contributed by atoms with Crippen LogP contribution in [0.4, 0.5) is 8.78 Å². The largest absolute Gasteiger partial charge is 0.325 e. The smallest absolute Gasteiger partial charge is 0.281 e. The van der Waals surface area contributed by atoms with Gasteiger partial charge in [-0.15, -0.1) is 11.3 Å². The molecule has 1 aromatic heterocycles. The standard InChI is InChI=1S/C6H8F2N2S/c1-6(7,8)4-3-10-5(2-9)11-4/h3H,2,9H2,1H3. The molecular weight excluding hydrogens is 170 g/mol. The average Bonchev–Trinajstić information content (AvgIpc) is 2.32. The Morgan fingerprint density at radius 2 is 2.36 bits per heavy atom. The first-order valence-corrected chi connectivity index (χ1v) is 3.88. The van der Waals surface area contributed by atoms with E-state index >= 15 is 0 Å². The molecule has 0 unspecified atom stereocenters. The predicted octanol–water partition coefficient (Wildman–Crippen LogP) is 1.71. The van der Waals surface area contributed by atoms with E-state index in [4.69, 9.17) is 5.73 Å². The third kappa shape index (κ3) is 1.94. The fraction of sp³-hybridized carbons (Fsp3) is 0.500. The molecule has 2 N–H and O–H groups in total. The molecule has 0 aliphatic heterocycles. The Balaban J connectivity index is 2.89. The minimum Gasteiger partial charge on any atom is -0.325 e. The molecule has 0 saturated carbocycles. The molecule has 0 radical (unpaired) electrons. The van der Waals surface area contributed by atoms with E-state index in [2.05, 4.69) is 4.98 Å². The van der Waals surface area contributed by atoms with Crippen LogP contribution in [0.25, 0.3) is 0 Å². The summed E-state index contributed by atoms with van der Waals surface area (Å²) in [7, 11) is 0. The summed E-state index contributed by atoms with van der Waals surface area (Å²) < 4.78 is 25.1. The van der Waals surface area contributed by atoms with Gasteiger partial charge in [0, 0.05) is 19.7 Å². The normalized spacial score (nSPS) is 12.0. The lowest BCUT2D eigenvalue weighted by molar-refractivity contribution is 0.0213. The number of hydrogen-bond acceptors (Lipinski definition) is 3. The lowest BCUT2D eigenvalue weighted by Crippen LogP contribution is -2.03. The van der Waals surface area contributed by atoms with Crippen molar-refractivity contribution < 1.29 is 8.78 Å². The summed E-state index contributed by atoms with van der Waals surface area (Å²) in [5.41, 5.74) is 5.21. The summed E-state index contributed by atoms with van der Waals surface area (Å²) in [5.74, 6) is -2.79. The predicted molar refractivity (Wildman–Crippen MR) is 39.6 cm³/mol. The van der Waals surface area contributed by atoms with Gasteiger partial charge in [-0.25, -0.2) is 13.8 Å². The Kier molecular flexibility index (Phi) is 2.20. The van der Waals surface area contributed by atoms with Gasteiger partial charge in [0.25, 0.3) is 5.92 Å². The maximum Gasteiger partial charge on any atom is 0.281 e. The van der Waals surface area contributed by atoms with E-state index in [1.54, 1.807) is 0 Å². The van der Waals surface area contributed by atoms with Crippen molar-refractivity contribution in [2.75, 3.05) is 0 Å². The van der Waals surface area contributed by atoms with Crippen molar-refractivity contribution in [2.45, 2.75) is 19.4 Å². The average molecular weight is 178 g/mol. The van der Waals surface area contributed by atoms with Crippen LogP contribution in [0, 0.1) is 0 Å². The van der Waals surface area contributed by atoms with Gasteiger partial charge in [0.1, 0.15) is 5.01 Å². The molecule has 0 aromatic carbocycles. The highest BCUT2D eigenvalue weighted by Crippen LogP contribution is 2.30. The zero-order valence-electron chi connectivity index (χ0n) is 5.97. The number of nitrogens with two attached hydrogens (primary N) is 1. The van der Waals surface area contributed by atoms with Crippen molar-refractivity contribution in [1.29, 1.82) is 0 Å². The molecule has 0 atom stereocenters. The molecule has 0 aliphatic carbocycles. The molecule has 0 aliphatic rings. The summed E-state index contributed by atoms with van der Waals surface area (Å²) in [4.78, 5) is 3.68. The topological polar surface area (TPSA) is 38.9 Å². The first kappa shape index (κ1) is 8.55. The van der Waals surface area contributed by atoms with Gasteiger partial charge in [0.05, 0.1) is 4.88 Å². The zero-order valence-corrected chi connectivity index (χ0v) is 6.79. The van der Waals surface area contributed by atoms with Crippen LogP contribution < -0.4 is 5.73 Å². The van der Waals surface area contributed by atoms with E-state index in [-0.39, 0.29) is 11.4 Å². The maximum atomic E-state index is 12.5. The summed E-state index contributed by atoms with van der Waals surface area (Å²) in [6.45, 7) is 1.07. The summed E-state index contributed by atoms with van der Waals surface area (Å²) in [5, 5.41) is 0.543. The van der Waals surface area contributed by atoms with E-state index in [1.165, 1.54) is 6.20 Å². The summed E-state index contributed by atoms with van der Waals surface area (Å²) >= 11 is 0.954. The molecule has 0 saturated heterocycles. The third-order valence-electron chi connectivity index (χ3n) is 1.16. The van der Waals surface area contributed by atoms with Gasteiger partial charge in [-0.1, -0.05) is 0 Å². The van der Waals surface area contributed by atoms with Crippen LogP contribution in [0.2, 0.25) is 0 Å². The van der Waals surface area contributed by atoms with E-state index in [9.17, 15) is 8.78 Å². The minimum absolute atomic E-state index is 0.0297. The number of halogens is 2. The lowest BCUT2D eigenvalue weighted by Gasteiger charge is -2.04. The lowest BCUT2D eigenvalue weighted by atomic mass is 10.3. The Labute approximate surface area is 67.1 Å². The van der Waals surface area contributed by atoms with Gasteiger partial charge in [-0.2, -0.15) is 0 Å². The highest BCUT2D eigenvalue weighted by molar-refractivity contribution is 7.11. The number of thiazole rings is 1. The second kappa shape index (κ2) is 2.83. The molecular formula is C6H8F2N2S. The monoisotopic (exact) mass is 178 g/mol. The first-order chi connectivity index (χ1) is 5.04. The summed E-state index contributed by atoms with van der Waals surface area (Å²) in [6.07, 6.45) is 1.17. The molecule has 0 amide bonds. The maximum absolute atomic E-state index is 12.5. The molecule has 0 fully saturated rings. The van der Waals surface area contributed by atoms with Crippen LogP contribution >= 0.6 is 11.3 Å². The molecule has 2 nitrogen and oxygen atoms in total. The van der Waals surface area contributed by atoms with Crippen LogP contribution in [-0.2, 0) is 12.5 Å². The van der Waals surface area contributed by atoms with Crippen LogP contribution in [0.3, 0.4) is 0 Å². The fourth-order valence-electron chi connectivity index (χ4n) is 0.608. The summed E-state index contributed by atoms with van der Waals surface area (Å²) in [6, 6.07) is 0. The van der Waals surface area contributed by atoms with Gasteiger partial charge in [0.15, 0.2) is 0 Å². The minimum atomic E-state index is -2.79. The Bertz CT molecular complexity index is 241. The second-order valence-electron chi connectivity index (χ2n) is 2.21. The molecule has 0 spiro atoms. The number of hydrogen-bond donors (Lipinski definition) is 1. The van der Waals surface area contributed by atoms with Gasteiger partial charge >= 0.3 is 0 Å². The van der Waals surface area contributed by atoms with Crippen molar-refractivity contribution in [1.82, 2.24) is 4.98 Å². The van der Waals surface area contributed by atoms with Crippen molar-refractivity contribution in [3.05, 3.63) is 16.1 Å². The van der Waals surface area contributed by atoms with Gasteiger partial charge in [0.2, 0.25) is 0 Å². The van der Waals surface area contributed by atoms with Crippen molar-refractivity contribution in [3.8, 4) is 0 Å². The molecule has 1 heterocycles. The first-order valence-electron chi connectivity index (χ1n) is 3.07. The van der Waals surface area contributed by atoms with Crippen molar-refractivity contribution in [2.24, 2.45) is 5.73 Å². The van der Waals surface area contributed by atoms with Crippen LogP contribution in [-0.4, -0.2) is 4.98 Å². The van der Waals surface area contributed by atoms with Crippen molar-refractivity contribution in [3.63, 3.8) is 0 Å². The number of alkyl halides is 2. The van der Waals surface area contributed by atoms with E-state index < -0.39 is 5.92 Å². The van der Waals surface area contributed by atoms with Crippen LogP contribution in [0.15, 0.2) is 6.20 Å². The van der Waals surface area contributed by atoms with Gasteiger partial charge < -0.3 is 5.73 Å². The Morgan fingerprint density at radius 1 is 1.73 bits per heavy atom. The molecule has 62 valence electrons. The Hall–Kier alpha value is -0.550. The highest BCUT2D eigenvalue weighted by atomic mass is 32.1. The molecule has 5 heteroatoms. The van der Waals surface area contributed by atoms with E-state index in [1.807, 2.05) is 0 Å². The number of aromatic nitrogens is 1. The molecule has 1 rings (SSSR count). The quantitative estimate of drug-likeness (QED) is 0.748. The third-order valence-corrected chi connectivity index (χ3v) is 2.35. The van der Waals surface area contributed by atoms with E-state index in [0.29, 0.717) is 5.01 Å².